The van der Waals surface area contributed by atoms with Gasteiger partial charge in [-0.2, -0.15) is 0 Å². The van der Waals surface area contributed by atoms with Gasteiger partial charge < -0.3 is 9.88 Å². The Kier molecular flexibility index (Phi) is 1.80. The minimum Gasteiger partial charge on any atom is -0.345 e. The SMILES string of the molecule is CC1Cc2cc3[nH]cnc3cc2N(C)C1=O. The van der Waals surface area contributed by atoms with E-state index >= 15 is 0 Å². The molecule has 1 aliphatic heterocycles. The van der Waals surface area contributed by atoms with Crippen molar-refractivity contribution in [3.63, 3.8) is 0 Å². The molecule has 2 aromatic rings. The lowest BCUT2D eigenvalue weighted by Crippen LogP contribution is -2.37. The third kappa shape index (κ3) is 1.16. The van der Waals surface area contributed by atoms with E-state index in [1.54, 1.807) is 11.2 Å². The van der Waals surface area contributed by atoms with E-state index in [2.05, 4.69) is 16.0 Å². The van der Waals surface area contributed by atoms with Crippen LogP contribution >= 0.6 is 0 Å². The Morgan fingerprint density at radius 1 is 1.50 bits per heavy atom. The Hall–Kier alpha value is -1.84. The van der Waals surface area contributed by atoms with Crippen LogP contribution in [0.25, 0.3) is 11.0 Å². The molecule has 1 atom stereocenters. The molecule has 1 N–H and O–H groups in total. The zero-order valence-electron chi connectivity index (χ0n) is 9.32. The molecule has 4 nitrogen and oxygen atoms in total. The maximum absolute atomic E-state index is 11.9. The van der Waals surface area contributed by atoms with Gasteiger partial charge in [-0.25, -0.2) is 4.98 Å². The van der Waals surface area contributed by atoms with Gasteiger partial charge in [0.15, 0.2) is 0 Å². The van der Waals surface area contributed by atoms with E-state index < -0.39 is 0 Å². The predicted octanol–water partition coefficient (Wildman–Crippen LogP) is 1.72. The number of nitrogens with zero attached hydrogens (tertiary/aromatic N) is 2. The summed E-state index contributed by atoms with van der Waals surface area (Å²) in [5, 5.41) is 0. The predicted molar refractivity (Wildman–Crippen MR) is 62.4 cm³/mol. The van der Waals surface area contributed by atoms with Gasteiger partial charge in [0.2, 0.25) is 5.91 Å². The van der Waals surface area contributed by atoms with Crippen molar-refractivity contribution in [1.82, 2.24) is 9.97 Å². The molecule has 3 rings (SSSR count). The molecule has 1 aliphatic rings. The number of aromatic amines is 1. The van der Waals surface area contributed by atoms with Gasteiger partial charge >= 0.3 is 0 Å². The molecule has 0 saturated heterocycles. The second-order valence-corrected chi connectivity index (χ2v) is 4.40. The highest BCUT2D eigenvalue weighted by atomic mass is 16.2. The van der Waals surface area contributed by atoms with Crippen LogP contribution in [0.2, 0.25) is 0 Å². The first-order valence-corrected chi connectivity index (χ1v) is 5.40. The first kappa shape index (κ1) is 9.39. The van der Waals surface area contributed by atoms with Crippen molar-refractivity contribution in [2.24, 2.45) is 5.92 Å². The molecule has 16 heavy (non-hydrogen) atoms. The Balaban J connectivity index is 2.24. The molecule has 0 bridgehead atoms. The number of carbonyl (C=O) groups excluding carboxylic acids is 1. The number of hydrogen-bond acceptors (Lipinski definition) is 2. The molecule has 1 aromatic carbocycles. The van der Waals surface area contributed by atoms with Gasteiger partial charge in [0.1, 0.15) is 0 Å². The molecule has 82 valence electrons. The Labute approximate surface area is 93.3 Å². The lowest BCUT2D eigenvalue weighted by atomic mass is 9.93. The van der Waals surface area contributed by atoms with E-state index in [0.29, 0.717) is 0 Å². The van der Waals surface area contributed by atoms with E-state index in [1.165, 1.54) is 5.56 Å². The third-order valence-electron chi connectivity index (χ3n) is 3.26. The molecule has 0 spiro atoms. The summed E-state index contributed by atoms with van der Waals surface area (Å²) in [7, 11) is 1.83. The minimum atomic E-state index is 0.0675. The van der Waals surface area contributed by atoms with E-state index in [-0.39, 0.29) is 11.8 Å². The normalized spacial score (nSPS) is 20.2. The minimum absolute atomic E-state index is 0.0675. The molecule has 1 aromatic heterocycles. The number of fused-ring (bicyclic) bond motifs is 2. The molecule has 0 saturated carbocycles. The lowest BCUT2D eigenvalue weighted by molar-refractivity contribution is -0.121. The molecular weight excluding hydrogens is 202 g/mol. The number of benzene rings is 1. The fraction of sp³-hybridized carbons (Fsp3) is 0.333. The number of carbonyl (C=O) groups is 1. The average molecular weight is 215 g/mol. The maximum Gasteiger partial charge on any atom is 0.229 e. The van der Waals surface area contributed by atoms with Crippen LogP contribution in [-0.4, -0.2) is 22.9 Å². The molecule has 0 radical (unpaired) electrons. The van der Waals surface area contributed by atoms with Crippen LogP contribution in [0.1, 0.15) is 12.5 Å². The van der Waals surface area contributed by atoms with Gasteiger partial charge in [0, 0.05) is 18.7 Å². The summed E-state index contributed by atoms with van der Waals surface area (Å²) in [6, 6.07) is 4.07. The van der Waals surface area contributed by atoms with Crippen molar-refractivity contribution in [3.8, 4) is 0 Å². The Morgan fingerprint density at radius 3 is 3.12 bits per heavy atom. The van der Waals surface area contributed by atoms with E-state index in [9.17, 15) is 4.79 Å². The monoisotopic (exact) mass is 215 g/mol. The zero-order valence-corrected chi connectivity index (χ0v) is 9.32. The van der Waals surface area contributed by atoms with Crippen LogP contribution in [0.4, 0.5) is 5.69 Å². The first-order chi connectivity index (χ1) is 7.66. The van der Waals surface area contributed by atoms with E-state index in [1.807, 2.05) is 20.0 Å². The molecule has 1 amide bonds. The van der Waals surface area contributed by atoms with Crippen LogP contribution in [-0.2, 0) is 11.2 Å². The Morgan fingerprint density at radius 2 is 2.31 bits per heavy atom. The second-order valence-electron chi connectivity index (χ2n) is 4.40. The summed E-state index contributed by atoms with van der Waals surface area (Å²) < 4.78 is 0. The fourth-order valence-electron chi connectivity index (χ4n) is 2.36. The van der Waals surface area contributed by atoms with Crippen LogP contribution in [0, 0.1) is 5.92 Å². The summed E-state index contributed by atoms with van der Waals surface area (Å²) in [6.45, 7) is 1.97. The van der Waals surface area contributed by atoms with E-state index in [4.69, 9.17) is 0 Å². The van der Waals surface area contributed by atoms with Gasteiger partial charge in [-0.1, -0.05) is 6.92 Å². The second kappa shape index (κ2) is 3.07. The van der Waals surface area contributed by atoms with Crippen molar-refractivity contribution in [2.45, 2.75) is 13.3 Å². The zero-order chi connectivity index (χ0) is 11.3. The van der Waals surface area contributed by atoms with Crippen molar-refractivity contribution < 1.29 is 4.79 Å². The number of anilines is 1. The number of H-pyrrole nitrogens is 1. The van der Waals surface area contributed by atoms with Crippen LogP contribution in [0.15, 0.2) is 18.5 Å². The van der Waals surface area contributed by atoms with Gasteiger partial charge in [-0.05, 0) is 24.1 Å². The number of nitrogens with one attached hydrogen (secondary N) is 1. The first-order valence-electron chi connectivity index (χ1n) is 5.40. The van der Waals surface area contributed by atoms with E-state index in [0.717, 1.165) is 23.1 Å². The molecular formula is C12H13N3O. The number of aromatic nitrogens is 2. The molecule has 0 fully saturated rings. The van der Waals surface area contributed by atoms with Crippen LogP contribution < -0.4 is 4.90 Å². The molecule has 0 aliphatic carbocycles. The molecule has 2 heterocycles. The summed E-state index contributed by atoms with van der Waals surface area (Å²) in [6.07, 6.45) is 2.49. The summed E-state index contributed by atoms with van der Waals surface area (Å²) in [5.74, 6) is 0.250. The van der Waals surface area contributed by atoms with Crippen molar-refractivity contribution >= 4 is 22.6 Å². The highest BCUT2D eigenvalue weighted by Gasteiger charge is 2.27. The summed E-state index contributed by atoms with van der Waals surface area (Å²) in [5.41, 5.74) is 4.15. The standard InChI is InChI=1S/C12H13N3O/c1-7-3-8-4-9-10(14-6-13-9)5-11(8)15(2)12(7)16/h4-7H,3H2,1-2H3,(H,13,14). The summed E-state index contributed by atoms with van der Waals surface area (Å²) in [4.78, 5) is 20.9. The Bertz CT molecular complexity index is 573. The largest absolute Gasteiger partial charge is 0.345 e. The van der Waals surface area contributed by atoms with Crippen molar-refractivity contribution in [2.75, 3.05) is 11.9 Å². The number of hydrogen-bond donors (Lipinski definition) is 1. The van der Waals surface area contributed by atoms with Crippen LogP contribution in [0.5, 0.6) is 0 Å². The van der Waals surface area contributed by atoms with Crippen LogP contribution in [0.3, 0.4) is 0 Å². The average Bonchev–Trinajstić information content (AvgIpc) is 2.71. The third-order valence-corrected chi connectivity index (χ3v) is 3.26. The fourth-order valence-corrected chi connectivity index (χ4v) is 2.36. The van der Waals surface area contributed by atoms with Gasteiger partial charge in [-0.15, -0.1) is 0 Å². The number of rotatable bonds is 0. The lowest BCUT2D eigenvalue weighted by Gasteiger charge is -2.29. The maximum atomic E-state index is 11.9. The molecule has 4 heteroatoms. The smallest absolute Gasteiger partial charge is 0.229 e. The topological polar surface area (TPSA) is 49.0 Å². The van der Waals surface area contributed by atoms with Crippen molar-refractivity contribution in [1.29, 1.82) is 0 Å². The van der Waals surface area contributed by atoms with Crippen molar-refractivity contribution in [3.05, 3.63) is 24.0 Å². The van der Waals surface area contributed by atoms with Gasteiger partial charge in [-0.3, -0.25) is 4.79 Å². The highest BCUT2D eigenvalue weighted by Crippen LogP contribution is 2.32. The van der Waals surface area contributed by atoms with Gasteiger partial charge in [0.25, 0.3) is 0 Å². The quantitative estimate of drug-likeness (QED) is 0.727. The summed E-state index contributed by atoms with van der Waals surface area (Å²) >= 11 is 0. The number of imidazole rings is 1. The molecule has 1 unspecified atom stereocenters. The number of amides is 1. The van der Waals surface area contributed by atoms with Gasteiger partial charge in [0.05, 0.1) is 17.4 Å². The highest BCUT2D eigenvalue weighted by molar-refractivity contribution is 5.99.